The zero-order valence-corrected chi connectivity index (χ0v) is 17.2. The van der Waals surface area contributed by atoms with Crippen LogP contribution >= 0.6 is 23.5 Å². The summed E-state index contributed by atoms with van der Waals surface area (Å²) >= 11 is 3.44. The first kappa shape index (κ1) is 20.5. The smallest absolute Gasteiger partial charge is 0.240 e. The summed E-state index contributed by atoms with van der Waals surface area (Å²) in [5.74, 6) is 0.601. The fourth-order valence-electron chi connectivity index (χ4n) is 2.82. The number of amides is 1. The number of carbonyl (C=O) groups is 1. The van der Waals surface area contributed by atoms with Crippen LogP contribution in [0, 0.1) is 0 Å². The molecule has 1 aromatic rings. The molecule has 0 saturated heterocycles. The van der Waals surface area contributed by atoms with Crippen LogP contribution in [0.4, 0.5) is 5.69 Å². The van der Waals surface area contributed by atoms with Crippen molar-refractivity contribution >= 4 is 45.1 Å². The molecule has 0 bridgehead atoms. The second-order valence-electron chi connectivity index (χ2n) is 6.10. The lowest BCUT2D eigenvalue weighted by Gasteiger charge is -2.22. The van der Waals surface area contributed by atoms with Crippen molar-refractivity contribution in [2.45, 2.75) is 35.8 Å². The van der Waals surface area contributed by atoms with Crippen LogP contribution in [0.15, 0.2) is 29.2 Å². The van der Waals surface area contributed by atoms with Crippen LogP contribution in [0.5, 0.6) is 0 Å². The van der Waals surface area contributed by atoms with Gasteiger partial charge in [-0.15, -0.1) is 11.8 Å². The molecule has 2 rings (SSSR count). The van der Waals surface area contributed by atoms with E-state index in [2.05, 4.69) is 5.32 Å². The predicted octanol–water partition coefficient (Wildman–Crippen LogP) is 2.97. The van der Waals surface area contributed by atoms with E-state index in [0.29, 0.717) is 12.2 Å². The molecule has 0 unspecified atom stereocenters. The zero-order chi connectivity index (χ0) is 18.3. The summed E-state index contributed by atoms with van der Waals surface area (Å²) in [6.45, 7) is 0.382. The van der Waals surface area contributed by atoms with Gasteiger partial charge in [0.2, 0.25) is 15.9 Å². The number of sulfonamides is 1. The molecule has 1 saturated carbocycles. The maximum absolute atomic E-state index is 12.2. The van der Waals surface area contributed by atoms with Crippen LogP contribution in [0.1, 0.15) is 25.7 Å². The first-order valence-electron chi connectivity index (χ1n) is 8.40. The monoisotopic (exact) mass is 402 g/mol. The van der Waals surface area contributed by atoms with Gasteiger partial charge in [0.1, 0.15) is 6.54 Å². The fraction of sp³-hybridized carbons (Fsp3) is 0.588. The van der Waals surface area contributed by atoms with E-state index in [1.54, 1.807) is 18.2 Å². The summed E-state index contributed by atoms with van der Waals surface area (Å²) < 4.78 is 25.4. The van der Waals surface area contributed by atoms with Crippen molar-refractivity contribution in [1.82, 2.24) is 5.32 Å². The quantitative estimate of drug-likeness (QED) is 0.508. The maximum atomic E-state index is 12.2. The molecule has 1 aromatic carbocycles. The minimum absolute atomic E-state index is 0.190. The number of anilines is 1. The maximum Gasteiger partial charge on any atom is 0.240 e. The topological polar surface area (TPSA) is 66.5 Å². The van der Waals surface area contributed by atoms with E-state index in [4.69, 9.17) is 0 Å². The number of nitrogens with one attached hydrogen (secondary N) is 1. The van der Waals surface area contributed by atoms with Crippen molar-refractivity contribution in [3.05, 3.63) is 24.3 Å². The second kappa shape index (κ2) is 9.73. The molecule has 1 aliphatic carbocycles. The lowest BCUT2D eigenvalue weighted by atomic mass is 10.3. The summed E-state index contributed by atoms with van der Waals surface area (Å²) in [6, 6.07) is 7.21. The Morgan fingerprint density at radius 1 is 1.32 bits per heavy atom. The first-order valence-corrected chi connectivity index (χ1v) is 12.5. The third-order valence-corrected chi connectivity index (χ3v) is 7.36. The average molecular weight is 403 g/mol. The Kier molecular flexibility index (Phi) is 7.96. The minimum atomic E-state index is -3.52. The second-order valence-corrected chi connectivity index (χ2v) is 10.3. The highest BCUT2D eigenvalue weighted by atomic mass is 32.2. The van der Waals surface area contributed by atoms with E-state index >= 15 is 0 Å². The molecule has 0 heterocycles. The van der Waals surface area contributed by atoms with Crippen LogP contribution in [-0.2, 0) is 14.8 Å². The molecule has 0 aliphatic heterocycles. The van der Waals surface area contributed by atoms with Crippen molar-refractivity contribution in [3.63, 3.8) is 0 Å². The highest BCUT2D eigenvalue weighted by Crippen LogP contribution is 2.29. The molecular weight excluding hydrogens is 376 g/mol. The first-order chi connectivity index (χ1) is 11.9. The molecule has 140 valence electrons. The fourth-order valence-corrected chi connectivity index (χ4v) is 5.34. The zero-order valence-electron chi connectivity index (χ0n) is 14.7. The third kappa shape index (κ3) is 6.75. The van der Waals surface area contributed by atoms with Gasteiger partial charge in [-0.2, -0.15) is 11.8 Å². The molecule has 0 spiro atoms. The Morgan fingerprint density at radius 3 is 2.68 bits per heavy atom. The standard InChI is InChI=1S/C17H26N2O3S3/c1-23-16-9-5-6-14(12-16)19(25(2,21)22)13-17(20)18-10-11-24-15-7-3-4-8-15/h5-6,9,12,15H,3-4,7-8,10-11,13H2,1-2H3,(H,18,20). The average Bonchev–Trinajstić information content (AvgIpc) is 3.09. The molecule has 1 fully saturated rings. The number of thioether (sulfide) groups is 2. The molecule has 1 N–H and O–H groups in total. The number of hydrogen-bond donors (Lipinski definition) is 1. The lowest BCUT2D eigenvalue weighted by molar-refractivity contribution is -0.119. The largest absolute Gasteiger partial charge is 0.354 e. The van der Waals surface area contributed by atoms with E-state index in [1.807, 2.05) is 24.1 Å². The van der Waals surface area contributed by atoms with Gasteiger partial charge in [0.05, 0.1) is 11.9 Å². The Labute approximate surface area is 159 Å². The van der Waals surface area contributed by atoms with Gasteiger partial charge >= 0.3 is 0 Å². The van der Waals surface area contributed by atoms with Gasteiger partial charge in [-0.1, -0.05) is 18.9 Å². The van der Waals surface area contributed by atoms with Gasteiger partial charge in [-0.25, -0.2) is 8.42 Å². The minimum Gasteiger partial charge on any atom is -0.354 e. The van der Waals surface area contributed by atoms with Crippen LogP contribution in [-0.4, -0.2) is 50.9 Å². The molecule has 5 nitrogen and oxygen atoms in total. The number of benzene rings is 1. The highest BCUT2D eigenvalue weighted by Gasteiger charge is 2.21. The van der Waals surface area contributed by atoms with Crippen LogP contribution in [0.25, 0.3) is 0 Å². The number of rotatable bonds is 9. The van der Waals surface area contributed by atoms with E-state index in [9.17, 15) is 13.2 Å². The van der Waals surface area contributed by atoms with Crippen molar-refractivity contribution in [3.8, 4) is 0 Å². The Bertz CT molecular complexity index is 673. The highest BCUT2D eigenvalue weighted by molar-refractivity contribution is 7.99. The normalized spacial score (nSPS) is 15.3. The molecule has 0 radical (unpaired) electrons. The van der Waals surface area contributed by atoms with Gasteiger partial charge < -0.3 is 5.32 Å². The lowest BCUT2D eigenvalue weighted by Crippen LogP contribution is -2.41. The van der Waals surface area contributed by atoms with Crippen LogP contribution in [0.3, 0.4) is 0 Å². The summed E-state index contributed by atoms with van der Waals surface area (Å²) in [5, 5.41) is 3.56. The van der Waals surface area contributed by atoms with Gasteiger partial charge in [0.15, 0.2) is 0 Å². The molecule has 0 atom stereocenters. The molecule has 8 heteroatoms. The van der Waals surface area contributed by atoms with Crippen molar-refractivity contribution in [2.75, 3.05) is 35.7 Å². The van der Waals surface area contributed by atoms with Gasteiger partial charge in [-0.3, -0.25) is 9.10 Å². The summed E-state index contributed by atoms with van der Waals surface area (Å²) in [6.07, 6.45) is 8.21. The molecule has 1 aliphatic rings. The number of nitrogens with zero attached hydrogens (tertiary/aromatic N) is 1. The molecule has 0 aromatic heterocycles. The van der Waals surface area contributed by atoms with Crippen LogP contribution in [0.2, 0.25) is 0 Å². The van der Waals surface area contributed by atoms with Crippen molar-refractivity contribution in [1.29, 1.82) is 0 Å². The molecule has 1 amide bonds. The van der Waals surface area contributed by atoms with Crippen molar-refractivity contribution in [2.24, 2.45) is 0 Å². The van der Waals surface area contributed by atoms with Gasteiger partial charge in [0.25, 0.3) is 0 Å². The summed E-state index contributed by atoms with van der Waals surface area (Å²) in [4.78, 5) is 13.2. The molecule has 25 heavy (non-hydrogen) atoms. The van der Waals surface area contributed by atoms with Gasteiger partial charge in [0, 0.05) is 22.4 Å². The van der Waals surface area contributed by atoms with E-state index in [1.165, 1.54) is 37.4 Å². The van der Waals surface area contributed by atoms with E-state index in [0.717, 1.165) is 26.5 Å². The Hall–Kier alpha value is -0.860. The van der Waals surface area contributed by atoms with E-state index < -0.39 is 10.0 Å². The SMILES string of the molecule is CSc1cccc(N(CC(=O)NCCSC2CCCC2)S(C)(=O)=O)c1. The summed E-state index contributed by atoms with van der Waals surface area (Å²) in [5.41, 5.74) is 0.518. The van der Waals surface area contributed by atoms with Gasteiger partial charge in [-0.05, 0) is 37.3 Å². The Morgan fingerprint density at radius 2 is 2.04 bits per heavy atom. The number of carbonyl (C=O) groups excluding carboxylic acids is 1. The van der Waals surface area contributed by atoms with E-state index in [-0.39, 0.29) is 12.5 Å². The third-order valence-electron chi connectivity index (χ3n) is 4.11. The predicted molar refractivity (Wildman–Crippen MR) is 108 cm³/mol. The molecular formula is C17H26N2O3S3. The summed E-state index contributed by atoms with van der Waals surface area (Å²) in [7, 11) is -3.52. The van der Waals surface area contributed by atoms with Crippen molar-refractivity contribution < 1.29 is 13.2 Å². The van der Waals surface area contributed by atoms with Crippen LogP contribution < -0.4 is 9.62 Å². The number of hydrogen-bond acceptors (Lipinski definition) is 5. The Balaban J connectivity index is 1.89.